The Morgan fingerprint density at radius 1 is 1.35 bits per heavy atom. The number of hydrogen-bond acceptors (Lipinski definition) is 3. The summed E-state index contributed by atoms with van der Waals surface area (Å²) in [4.78, 5) is 22.4. The molecular formula is C14H16O3. The third-order valence-electron chi connectivity index (χ3n) is 2.95. The summed E-state index contributed by atoms with van der Waals surface area (Å²) in [7, 11) is 0. The molecule has 1 aromatic carbocycles. The first-order chi connectivity index (χ1) is 8.16. The number of Topliss-reactive ketones (excluding diaryl/α,β-unsaturated/α-hetero) is 2. The molecule has 0 aromatic heterocycles. The van der Waals surface area contributed by atoms with Crippen molar-refractivity contribution in [1.82, 2.24) is 0 Å². The number of ketones is 2. The number of benzene rings is 1. The zero-order valence-electron chi connectivity index (χ0n) is 9.99. The average molecular weight is 232 g/mol. The van der Waals surface area contributed by atoms with E-state index in [0.29, 0.717) is 19.4 Å². The van der Waals surface area contributed by atoms with Gasteiger partial charge in [0.15, 0.2) is 5.78 Å². The van der Waals surface area contributed by atoms with Crippen LogP contribution in [0.15, 0.2) is 18.2 Å². The predicted molar refractivity (Wildman–Crippen MR) is 64.5 cm³/mol. The summed E-state index contributed by atoms with van der Waals surface area (Å²) >= 11 is 0. The van der Waals surface area contributed by atoms with Gasteiger partial charge in [0, 0.05) is 18.4 Å². The van der Waals surface area contributed by atoms with Gasteiger partial charge in [-0.15, -0.1) is 0 Å². The van der Waals surface area contributed by atoms with Crippen molar-refractivity contribution in [1.29, 1.82) is 0 Å². The van der Waals surface area contributed by atoms with Gasteiger partial charge in [0.2, 0.25) is 0 Å². The van der Waals surface area contributed by atoms with Gasteiger partial charge in [0.1, 0.15) is 11.5 Å². The minimum absolute atomic E-state index is 0.123. The van der Waals surface area contributed by atoms with Crippen LogP contribution < -0.4 is 4.74 Å². The summed E-state index contributed by atoms with van der Waals surface area (Å²) in [6, 6.07) is 5.56. The second-order valence-corrected chi connectivity index (χ2v) is 4.40. The highest BCUT2D eigenvalue weighted by molar-refractivity contribution is 5.98. The SMILES string of the molecule is CC(=O)CCOc1ccc2c(c1)CCCC2=O. The fourth-order valence-corrected chi connectivity index (χ4v) is 2.03. The maximum Gasteiger partial charge on any atom is 0.163 e. The Kier molecular flexibility index (Phi) is 3.57. The summed E-state index contributed by atoms with van der Waals surface area (Å²) in [5.74, 6) is 1.10. The molecule has 0 N–H and O–H groups in total. The molecule has 0 atom stereocenters. The van der Waals surface area contributed by atoms with Crippen molar-refractivity contribution < 1.29 is 14.3 Å². The average Bonchev–Trinajstić information content (AvgIpc) is 2.29. The van der Waals surface area contributed by atoms with Gasteiger partial charge >= 0.3 is 0 Å². The molecule has 17 heavy (non-hydrogen) atoms. The Balaban J connectivity index is 2.05. The van der Waals surface area contributed by atoms with Crippen LogP contribution in [-0.2, 0) is 11.2 Å². The Hall–Kier alpha value is -1.64. The smallest absolute Gasteiger partial charge is 0.163 e. The summed E-state index contributed by atoms with van der Waals surface area (Å²) in [6.45, 7) is 1.96. The Morgan fingerprint density at radius 3 is 2.94 bits per heavy atom. The molecule has 90 valence electrons. The van der Waals surface area contributed by atoms with Crippen molar-refractivity contribution in [2.24, 2.45) is 0 Å². The van der Waals surface area contributed by atoms with Crippen LogP contribution in [0.25, 0.3) is 0 Å². The number of carbonyl (C=O) groups is 2. The zero-order valence-corrected chi connectivity index (χ0v) is 9.99. The molecule has 0 unspecified atom stereocenters. The van der Waals surface area contributed by atoms with Crippen LogP contribution in [0, 0.1) is 0 Å². The van der Waals surface area contributed by atoms with Gasteiger partial charge in [0.25, 0.3) is 0 Å². The fraction of sp³-hybridized carbons (Fsp3) is 0.429. The quantitative estimate of drug-likeness (QED) is 0.801. The van der Waals surface area contributed by atoms with Crippen LogP contribution in [0.4, 0.5) is 0 Å². The van der Waals surface area contributed by atoms with Crippen molar-refractivity contribution in [3.63, 3.8) is 0 Å². The van der Waals surface area contributed by atoms with Gasteiger partial charge in [-0.3, -0.25) is 9.59 Å². The highest BCUT2D eigenvalue weighted by Gasteiger charge is 2.17. The molecule has 0 spiro atoms. The normalized spacial score (nSPS) is 14.3. The summed E-state index contributed by atoms with van der Waals surface area (Å²) in [5, 5.41) is 0. The van der Waals surface area contributed by atoms with Crippen LogP contribution in [0.1, 0.15) is 42.1 Å². The molecule has 0 bridgehead atoms. The molecule has 0 fully saturated rings. The molecule has 1 aliphatic carbocycles. The standard InChI is InChI=1S/C14H16O3/c1-10(15)7-8-17-12-5-6-13-11(9-12)3-2-4-14(13)16/h5-6,9H,2-4,7-8H2,1H3. The van der Waals surface area contributed by atoms with Crippen LogP contribution in [0.2, 0.25) is 0 Å². The Morgan fingerprint density at radius 2 is 2.18 bits per heavy atom. The third-order valence-corrected chi connectivity index (χ3v) is 2.95. The van der Waals surface area contributed by atoms with Gasteiger partial charge in [-0.1, -0.05) is 0 Å². The number of carbonyl (C=O) groups excluding carboxylic acids is 2. The maximum atomic E-state index is 11.6. The largest absolute Gasteiger partial charge is 0.493 e. The molecule has 3 nitrogen and oxygen atoms in total. The monoisotopic (exact) mass is 232 g/mol. The Labute approximate surface area is 101 Å². The lowest BCUT2D eigenvalue weighted by atomic mass is 9.90. The molecule has 3 heteroatoms. The predicted octanol–water partition coefficient (Wildman–Crippen LogP) is 2.56. The lowest BCUT2D eigenvalue weighted by Gasteiger charge is -2.15. The van der Waals surface area contributed by atoms with E-state index in [1.54, 1.807) is 6.92 Å². The molecule has 0 amide bonds. The summed E-state index contributed by atoms with van der Waals surface area (Å²) in [6.07, 6.45) is 2.93. The van der Waals surface area contributed by atoms with E-state index in [1.165, 1.54) is 0 Å². The minimum Gasteiger partial charge on any atom is -0.493 e. The van der Waals surface area contributed by atoms with Crippen LogP contribution in [0.3, 0.4) is 0 Å². The molecule has 2 rings (SSSR count). The molecule has 0 saturated carbocycles. The van der Waals surface area contributed by atoms with Crippen molar-refractivity contribution in [3.05, 3.63) is 29.3 Å². The van der Waals surface area contributed by atoms with E-state index in [2.05, 4.69) is 0 Å². The second kappa shape index (κ2) is 5.13. The topological polar surface area (TPSA) is 43.4 Å². The van der Waals surface area contributed by atoms with Crippen molar-refractivity contribution in [2.45, 2.75) is 32.6 Å². The number of fused-ring (bicyclic) bond motifs is 1. The molecule has 0 aliphatic heterocycles. The van der Waals surface area contributed by atoms with Gasteiger partial charge < -0.3 is 4.74 Å². The lowest BCUT2D eigenvalue weighted by Crippen LogP contribution is -2.11. The first-order valence-electron chi connectivity index (χ1n) is 5.95. The van der Waals surface area contributed by atoms with Gasteiger partial charge in [-0.2, -0.15) is 0 Å². The van der Waals surface area contributed by atoms with Crippen LogP contribution in [0.5, 0.6) is 5.75 Å². The molecule has 0 radical (unpaired) electrons. The lowest BCUT2D eigenvalue weighted by molar-refractivity contribution is -0.117. The number of aryl methyl sites for hydroxylation is 1. The molecular weight excluding hydrogens is 216 g/mol. The number of hydrogen-bond donors (Lipinski definition) is 0. The third kappa shape index (κ3) is 2.93. The summed E-state index contributed by atoms with van der Waals surface area (Å²) < 4.78 is 5.49. The molecule has 1 aromatic rings. The van der Waals surface area contributed by atoms with E-state index in [4.69, 9.17) is 4.74 Å². The number of rotatable bonds is 4. The van der Waals surface area contributed by atoms with E-state index in [-0.39, 0.29) is 11.6 Å². The van der Waals surface area contributed by atoms with Crippen LogP contribution >= 0.6 is 0 Å². The van der Waals surface area contributed by atoms with E-state index in [1.807, 2.05) is 18.2 Å². The van der Waals surface area contributed by atoms with Crippen LogP contribution in [-0.4, -0.2) is 18.2 Å². The zero-order chi connectivity index (χ0) is 12.3. The van der Waals surface area contributed by atoms with E-state index < -0.39 is 0 Å². The highest BCUT2D eigenvalue weighted by atomic mass is 16.5. The minimum atomic E-state index is 0.123. The second-order valence-electron chi connectivity index (χ2n) is 4.40. The highest BCUT2D eigenvalue weighted by Crippen LogP contribution is 2.25. The van der Waals surface area contributed by atoms with Crippen molar-refractivity contribution in [3.8, 4) is 5.75 Å². The van der Waals surface area contributed by atoms with Gasteiger partial charge in [-0.25, -0.2) is 0 Å². The Bertz CT molecular complexity index is 449. The van der Waals surface area contributed by atoms with Gasteiger partial charge in [0.05, 0.1) is 6.61 Å². The van der Waals surface area contributed by atoms with E-state index in [9.17, 15) is 9.59 Å². The molecule has 0 saturated heterocycles. The first-order valence-corrected chi connectivity index (χ1v) is 5.95. The first kappa shape index (κ1) is 11.8. The van der Waals surface area contributed by atoms with Crippen molar-refractivity contribution in [2.75, 3.05) is 6.61 Å². The maximum absolute atomic E-state index is 11.6. The van der Waals surface area contributed by atoms with Crippen molar-refractivity contribution >= 4 is 11.6 Å². The molecule has 0 heterocycles. The van der Waals surface area contributed by atoms with E-state index >= 15 is 0 Å². The number of ether oxygens (including phenoxy) is 1. The molecule has 1 aliphatic rings. The van der Waals surface area contributed by atoms with E-state index in [0.717, 1.165) is 29.7 Å². The van der Waals surface area contributed by atoms with Gasteiger partial charge in [-0.05, 0) is 43.5 Å². The summed E-state index contributed by atoms with van der Waals surface area (Å²) in [5.41, 5.74) is 1.90. The fourth-order valence-electron chi connectivity index (χ4n) is 2.03.